The normalized spacial score (nSPS) is 27.7. The first kappa shape index (κ1) is 40.6. The highest BCUT2D eigenvalue weighted by molar-refractivity contribution is 6.99. The van der Waals surface area contributed by atoms with Crippen molar-refractivity contribution in [2.24, 2.45) is 11.8 Å². The molecule has 1 aliphatic carbocycles. The molecule has 0 N–H and O–H groups in total. The summed E-state index contributed by atoms with van der Waals surface area (Å²) in [5.41, 5.74) is 0.991. The van der Waals surface area contributed by atoms with Crippen LogP contribution < -0.4 is 4.74 Å². The number of benzene rings is 2. The van der Waals surface area contributed by atoms with Crippen LogP contribution in [-0.2, 0) is 34.2 Å². The van der Waals surface area contributed by atoms with Crippen molar-refractivity contribution in [2.75, 3.05) is 39.8 Å². The van der Waals surface area contributed by atoms with Gasteiger partial charge in [-0.1, -0.05) is 92.9 Å². The Kier molecular flexibility index (Phi) is 12.1. The van der Waals surface area contributed by atoms with Crippen molar-refractivity contribution in [1.82, 2.24) is 8.75 Å². The van der Waals surface area contributed by atoms with E-state index in [0.29, 0.717) is 53.1 Å². The first-order valence-electron chi connectivity index (χ1n) is 21.8. The van der Waals surface area contributed by atoms with E-state index in [9.17, 15) is 14.4 Å². The van der Waals surface area contributed by atoms with Crippen LogP contribution in [0.15, 0.2) is 66.7 Å². The largest absolute Gasteiger partial charge is 0.475 e. The van der Waals surface area contributed by atoms with Crippen LogP contribution in [0.4, 0.5) is 0 Å². The molecule has 4 unspecified atom stereocenters. The number of esters is 3. The van der Waals surface area contributed by atoms with Gasteiger partial charge >= 0.3 is 17.9 Å². The molecule has 1 spiro atoms. The van der Waals surface area contributed by atoms with E-state index in [0.717, 1.165) is 61.6 Å². The molecule has 4 fully saturated rings. The number of rotatable bonds is 16. The number of hydrogen-bond acceptors (Lipinski definition) is 10. The second-order valence-corrected chi connectivity index (χ2v) is 18.2. The van der Waals surface area contributed by atoms with Gasteiger partial charge in [0.15, 0.2) is 0 Å². The lowest BCUT2D eigenvalue weighted by atomic mass is 9.85. The van der Waals surface area contributed by atoms with Crippen molar-refractivity contribution in [3.63, 3.8) is 0 Å². The molecule has 3 saturated heterocycles. The van der Waals surface area contributed by atoms with E-state index in [1.807, 2.05) is 67.6 Å². The van der Waals surface area contributed by atoms with Crippen molar-refractivity contribution < 1.29 is 42.3 Å². The Hall–Kier alpha value is -4.13. The Bertz CT molecular complexity index is 1890. The fourth-order valence-corrected chi connectivity index (χ4v) is 11.0. The second kappa shape index (κ2) is 17.2. The predicted molar refractivity (Wildman–Crippen MR) is 220 cm³/mol. The Morgan fingerprint density at radius 1 is 0.845 bits per heavy atom. The van der Waals surface area contributed by atoms with Crippen LogP contribution in [0.25, 0.3) is 5.57 Å². The summed E-state index contributed by atoms with van der Waals surface area (Å²) < 4.78 is 35.8. The summed E-state index contributed by atoms with van der Waals surface area (Å²) >= 11 is 1.15. The lowest BCUT2D eigenvalue weighted by Gasteiger charge is -2.47. The first-order chi connectivity index (χ1) is 28.2. The van der Waals surface area contributed by atoms with Crippen LogP contribution in [-0.4, -0.2) is 99.9 Å². The average molecular weight is 813 g/mol. The highest BCUT2D eigenvalue weighted by Gasteiger charge is 2.59. The molecule has 8 rings (SSSR count). The first-order valence-corrected chi connectivity index (χ1v) is 22.5. The Balaban J connectivity index is 0.943. The fourth-order valence-electron chi connectivity index (χ4n) is 10.5. The second-order valence-electron chi connectivity index (χ2n) is 17.7. The van der Waals surface area contributed by atoms with E-state index in [-0.39, 0.29) is 6.10 Å². The number of ether oxygens (including phenoxy) is 4. The maximum absolute atomic E-state index is 14.8. The molecular formula is C46H60N4O7S+2. The Labute approximate surface area is 347 Å². The van der Waals surface area contributed by atoms with Gasteiger partial charge in [0.25, 0.3) is 11.5 Å². The van der Waals surface area contributed by atoms with E-state index in [1.165, 1.54) is 56.1 Å². The van der Waals surface area contributed by atoms with Crippen LogP contribution >= 0.6 is 11.7 Å². The minimum atomic E-state index is -1.84. The van der Waals surface area contributed by atoms with Gasteiger partial charge in [0.1, 0.15) is 18.3 Å². The fraction of sp³-hybridized carbons (Fsp3) is 0.587. The number of hydrogen-bond donors (Lipinski definition) is 0. The Morgan fingerprint density at radius 2 is 1.50 bits per heavy atom. The number of carbonyl (C=O) groups excluding carboxylic acids is 3. The SMILES string of the molecule is CCCCCCOc1nsnc1C1=CCC[N+](C)(C(C)OC(=O)[C@@H]2C[C@@H]2C(=O)OC(C(=O)OC2CC3CCC(C2)[N+]32CCCC2)(c2ccccc2)c2ccccc2)C1. The van der Waals surface area contributed by atoms with Crippen LogP contribution in [0, 0.1) is 11.8 Å². The van der Waals surface area contributed by atoms with Gasteiger partial charge in [-0.15, -0.1) is 4.37 Å². The lowest BCUT2D eigenvalue weighted by molar-refractivity contribution is -0.956. The summed E-state index contributed by atoms with van der Waals surface area (Å²) in [5, 5.41) is 0. The van der Waals surface area contributed by atoms with Crippen molar-refractivity contribution in [3.8, 4) is 5.88 Å². The zero-order valence-electron chi connectivity index (χ0n) is 34.4. The van der Waals surface area contributed by atoms with E-state index in [4.69, 9.17) is 18.9 Å². The van der Waals surface area contributed by atoms with Crippen LogP contribution in [0.1, 0.15) is 108 Å². The van der Waals surface area contributed by atoms with Gasteiger partial charge in [0.2, 0.25) is 6.23 Å². The van der Waals surface area contributed by atoms with E-state index < -0.39 is 41.6 Å². The average Bonchev–Trinajstić information content (AvgIpc) is 3.59. The number of piperidine rings is 1. The lowest BCUT2D eigenvalue weighted by Crippen LogP contribution is -2.60. The molecule has 12 heteroatoms. The summed E-state index contributed by atoms with van der Waals surface area (Å²) in [7, 11) is 2.08. The molecule has 5 aliphatic rings. The Morgan fingerprint density at radius 3 is 2.16 bits per heavy atom. The maximum Gasteiger partial charge on any atom is 0.360 e. The standard InChI is InChI=1S/C46H60N4O7S/c1-4-5-6-15-27-54-42-41(47-58-48-42)33-17-16-24-49(3,31-33)32(2)55-43(51)39-30-40(39)44(52)57-46(34-18-9-7-10-19-34,35-20-11-8-12-21-35)45(53)56-38-28-36-22-23-37(29-38)50(36)25-13-14-26-50/h7-12,17-21,32,36-40H,4-6,13-16,22-31H2,1-3H3/q+2/t32?,36?,37?,38?,39-,40+,49?/m1/s1. The molecule has 0 amide bonds. The zero-order valence-corrected chi connectivity index (χ0v) is 35.2. The topological polar surface area (TPSA) is 114 Å². The molecule has 5 heterocycles. The van der Waals surface area contributed by atoms with Gasteiger partial charge in [-0.05, 0) is 12.8 Å². The van der Waals surface area contributed by atoms with Gasteiger partial charge in [-0.25, -0.2) is 4.79 Å². The third-order valence-electron chi connectivity index (χ3n) is 14.1. The number of carbonyl (C=O) groups is 3. The van der Waals surface area contributed by atoms with Crippen molar-refractivity contribution in [3.05, 3.63) is 83.6 Å². The summed E-state index contributed by atoms with van der Waals surface area (Å²) in [5.74, 6) is -2.45. The highest BCUT2D eigenvalue weighted by atomic mass is 32.1. The van der Waals surface area contributed by atoms with Gasteiger partial charge < -0.3 is 23.4 Å². The number of aromatic nitrogens is 2. The summed E-state index contributed by atoms with van der Waals surface area (Å²) in [4.78, 5) is 42.9. The molecule has 4 aliphatic heterocycles. The monoisotopic (exact) mass is 812 g/mol. The summed E-state index contributed by atoms with van der Waals surface area (Å²) in [6.45, 7) is 8.55. The number of nitrogens with zero attached hydrogens (tertiary/aromatic N) is 4. The van der Waals surface area contributed by atoms with E-state index >= 15 is 0 Å². The molecule has 3 aromatic rings. The molecular weight excluding hydrogens is 753 g/mol. The third kappa shape index (κ3) is 7.96. The van der Waals surface area contributed by atoms with Crippen molar-refractivity contribution in [1.29, 1.82) is 0 Å². The maximum atomic E-state index is 14.8. The summed E-state index contributed by atoms with van der Waals surface area (Å²) in [6.07, 6.45) is 13.5. The minimum Gasteiger partial charge on any atom is -0.475 e. The molecule has 2 aromatic carbocycles. The van der Waals surface area contributed by atoms with Crippen LogP contribution in [0.2, 0.25) is 0 Å². The molecule has 11 nitrogen and oxygen atoms in total. The highest BCUT2D eigenvalue weighted by Crippen LogP contribution is 2.48. The van der Waals surface area contributed by atoms with E-state index in [2.05, 4.69) is 28.8 Å². The third-order valence-corrected chi connectivity index (χ3v) is 14.6. The number of quaternary nitrogens is 2. The van der Waals surface area contributed by atoms with Gasteiger partial charge in [-0.2, -0.15) is 4.37 Å². The van der Waals surface area contributed by atoms with Crippen molar-refractivity contribution in [2.45, 2.75) is 121 Å². The molecule has 310 valence electrons. The van der Waals surface area contributed by atoms with Gasteiger partial charge in [-0.3, -0.25) is 14.1 Å². The minimum absolute atomic E-state index is 0.249. The smallest absolute Gasteiger partial charge is 0.360 e. The number of likely N-dealkylation sites (N-methyl/N-ethyl adjacent to an activating group) is 1. The predicted octanol–water partition coefficient (Wildman–Crippen LogP) is 7.59. The summed E-state index contributed by atoms with van der Waals surface area (Å²) in [6, 6.07) is 19.4. The quantitative estimate of drug-likeness (QED) is 0.0625. The molecule has 1 saturated carbocycles. The molecule has 58 heavy (non-hydrogen) atoms. The molecule has 6 atom stereocenters. The van der Waals surface area contributed by atoms with Gasteiger partial charge in [0.05, 0.1) is 68.9 Å². The number of unbranched alkanes of at least 4 members (excludes halogenated alkanes) is 3. The van der Waals surface area contributed by atoms with Crippen LogP contribution in [0.5, 0.6) is 5.88 Å². The van der Waals surface area contributed by atoms with Crippen molar-refractivity contribution >= 4 is 35.2 Å². The van der Waals surface area contributed by atoms with Crippen LogP contribution in [0.3, 0.4) is 0 Å². The molecule has 2 bridgehead atoms. The molecule has 0 radical (unpaired) electrons. The zero-order chi connectivity index (χ0) is 40.3. The van der Waals surface area contributed by atoms with E-state index in [1.54, 1.807) is 0 Å². The molecule has 1 aromatic heterocycles. The van der Waals surface area contributed by atoms with Gasteiger partial charge in [0, 0.05) is 68.6 Å².